The van der Waals surface area contributed by atoms with Gasteiger partial charge in [-0.05, 0) is 61.1 Å². The molecule has 9 nitrogen and oxygen atoms in total. The molecule has 172 valence electrons. The van der Waals surface area contributed by atoms with Crippen molar-refractivity contribution in [1.29, 1.82) is 0 Å². The van der Waals surface area contributed by atoms with E-state index in [1.807, 2.05) is 0 Å². The number of phenols is 1. The maximum atomic E-state index is 12.8. The lowest BCUT2D eigenvalue weighted by atomic mass is 9.76. The standard InChI is InChI=1S/C24H22O9/c25-14-8-5-12-6-9-18(27)31-15-3-1-2-4-16(15)32-19(28)10-7-13-11-17(26)24(30)21(22(13)29)20(12)23(14)33-24/h5-11,15-16,21-22,25,29-30H,1-4H2/b9-6?,10-7+/t15-,16-,21+,22-,24-/m1/s1. The fraction of sp³-hybridized carbons (Fsp3) is 0.375. The maximum absolute atomic E-state index is 12.8. The lowest BCUT2D eigenvalue weighted by molar-refractivity contribution is -0.177. The van der Waals surface area contributed by atoms with E-state index < -0.39 is 47.7 Å². The van der Waals surface area contributed by atoms with E-state index in [9.17, 15) is 29.7 Å². The predicted octanol–water partition coefficient (Wildman–Crippen LogP) is 1.41. The molecule has 0 saturated heterocycles. The van der Waals surface area contributed by atoms with E-state index in [2.05, 4.69) is 0 Å². The van der Waals surface area contributed by atoms with Gasteiger partial charge in [0.2, 0.25) is 5.78 Å². The number of fused-ring (bicyclic) bond motifs is 2. The molecule has 0 amide bonds. The minimum absolute atomic E-state index is 0.0729. The molecular formula is C24H22O9. The second kappa shape index (κ2) is 7.86. The molecule has 1 aromatic carbocycles. The number of esters is 2. The van der Waals surface area contributed by atoms with Crippen LogP contribution in [0.15, 0.2) is 42.0 Å². The van der Waals surface area contributed by atoms with Crippen molar-refractivity contribution in [3.8, 4) is 11.5 Å². The number of hydrogen-bond acceptors (Lipinski definition) is 9. The van der Waals surface area contributed by atoms with Gasteiger partial charge in [0.25, 0.3) is 5.79 Å². The van der Waals surface area contributed by atoms with Gasteiger partial charge in [-0.2, -0.15) is 0 Å². The summed E-state index contributed by atoms with van der Waals surface area (Å²) >= 11 is 0. The molecular weight excluding hydrogens is 432 g/mol. The number of aliphatic hydroxyl groups excluding tert-OH is 1. The third kappa shape index (κ3) is 3.53. The van der Waals surface area contributed by atoms with E-state index in [1.165, 1.54) is 30.4 Å². The summed E-state index contributed by atoms with van der Waals surface area (Å²) in [5.74, 6) is -6.49. The Balaban J connectivity index is 1.64. The molecule has 0 unspecified atom stereocenters. The van der Waals surface area contributed by atoms with Crippen LogP contribution >= 0.6 is 0 Å². The molecule has 0 spiro atoms. The summed E-state index contributed by atoms with van der Waals surface area (Å²) in [4.78, 5) is 37.7. The van der Waals surface area contributed by atoms with Gasteiger partial charge in [-0.25, -0.2) is 9.59 Å². The van der Waals surface area contributed by atoms with Gasteiger partial charge in [-0.1, -0.05) is 6.07 Å². The van der Waals surface area contributed by atoms with E-state index in [0.29, 0.717) is 18.4 Å². The van der Waals surface area contributed by atoms with Crippen LogP contribution in [0.5, 0.6) is 11.5 Å². The van der Waals surface area contributed by atoms with Crippen LogP contribution in [0.4, 0.5) is 0 Å². The van der Waals surface area contributed by atoms with E-state index >= 15 is 0 Å². The monoisotopic (exact) mass is 454 g/mol. The highest BCUT2D eigenvalue weighted by Crippen LogP contribution is 2.54. The number of aliphatic hydroxyl groups is 2. The number of benzene rings is 1. The van der Waals surface area contributed by atoms with Gasteiger partial charge >= 0.3 is 11.9 Å². The topological polar surface area (TPSA) is 140 Å². The molecule has 33 heavy (non-hydrogen) atoms. The van der Waals surface area contributed by atoms with Gasteiger partial charge in [0.05, 0.1) is 12.0 Å². The molecule has 1 saturated carbocycles. The Bertz CT molecular complexity index is 1130. The van der Waals surface area contributed by atoms with Crippen molar-refractivity contribution in [1.82, 2.24) is 0 Å². The van der Waals surface area contributed by atoms with Crippen molar-refractivity contribution in [3.63, 3.8) is 0 Å². The first-order valence-electron chi connectivity index (χ1n) is 10.8. The normalized spacial score (nSPS) is 34.1. The van der Waals surface area contributed by atoms with Gasteiger partial charge in [-0.3, -0.25) is 4.79 Å². The molecule has 5 rings (SSSR count). The van der Waals surface area contributed by atoms with Crippen LogP contribution in [0, 0.1) is 0 Å². The number of ether oxygens (including phenoxy) is 3. The van der Waals surface area contributed by atoms with Crippen LogP contribution in [0.25, 0.3) is 6.08 Å². The fourth-order valence-electron chi connectivity index (χ4n) is 4.88. The van der Waals surface area contributed by atoms with Crippen molar-refractivity contribution in [2.45, 2.75) is 55.7 Å². The molecule has 4 aliphatic rings. The van der Waals surface area contributed by atoms with Gasteiger partial charge in [0, 0.05) is 17.7 Å². The van der Waals surface area contributed by atoms with Gasteiger partial charge in [0.15, 0.2) is 11.5 Å². The van der Waals surface area contributed by atoms with Crippen molar-refractivity contribution in [3.05, 3.63) is 53.1 Å². The number of phenolic OH excluding ortho intramolecular Hbond substituents is 1. The van der Waals surface area contributed by atoms with Crippen LogP contribution in [-0.2, 0) is 23.9 Å². The number of hydrogen-bond donors (Lipinski definition) is 3. The average molecular weight is 454 g/mol. The summed E-state index contributed by atoms with van der Waals surface area (Å²) in [6.07, 6.45) is 6.01. The number of carbonyl (C=O) groups excluding carboxylic acids is 3. The third-order valence-electron chi connectivity index (χ3n) is 6.50. The number of carbonyl (C=O) groups is 3. The zero-order valence-corrected chi connectivity index (χ0v) is 17.5. The van der Waals surface area contributed by atoms with E-state index in [-0.39, 0.29) is 22.6 Å². The Morgan fingerprint density at radius 3 is 2.21 bits per heavy atom. The Morgan fingerprint density at radius 2 is 1.55 bits per heavy atom. The Labute approximate surface area is 188 Å². The van der Waals surface area contributed by atoms with Crippen LogP contribution in [0.1, 0.15) is 42.7 Å². The minimum Gasteiger partial charge on any atom is -0.504 e. The second-order valence-corrected chi connectivity index (χ2v) is 8.55. The van der Waals surface area contributed by atoms with E-state index in [1.54, 1.807) is 0 Å². The molecule has 9 heteroatoms. The molecule has 1 aromatic rings. The van der Waals surface area contributed by atoms with Crippen molar-refractivity contribution < 1.29 is 43.9 Å². The second-order valence-electron chi connectivity index (χ2n) is 8.55. The van der Waals surface area contributed by atoms with Gasteiger partial charge in [-0.15, -0.1) is 0 Å². The van der Waals surface area contributed by atoms with Crippen molar-refractivity contribution in [2.24, 2.45) is 0 Å². The summed E-state index contributed by atoms with van der Waals surface area (Å²) in [5.41, 5.74) is 0.582. The SMILES string of the molecule is O=C1C=Cc2ccc(O)c3c2[C@H]2[C@H](O)C(=CC(=O)[C@@]2(O)O3)/C=C/C(=O)O[C@@H]2CCCC[C@H]2O1. The van der Waals surface area contributed by atoms with Crippen LogP contribution < -0.4 is 4.74 Å². The largest absolute Gasteiger partial charge is 0.504 e. The smallest absolute Gasteiger partial charge is 0.331 e. The number of aromatic hydroxyl groups is 1. The zero-order chi connectivity index (χ0) is 23.3. The molecule has 5 atom stereocenters. The average Bonchev–Trinajstić information content (AvgIpc) is 3.12. The van der Waals surface area contributed by atoms with Crippen LogP contribution in [-0.4, -0.2) is 57.1 Å². The highest BCUT2D eigenvalue weighted by Gasteiger charge is 2.59. The van der Waals surface area contributed by atoms with Crippen molar-refractivity contribution >= 4 is 23.8 Å². The quantitative estimate of drug-likeness (QED) is 0.496. The van der Waals surface area contributed by atoms with E-state index in [0.717, 1.165) is 25.0 Å². The summed E-state index contributed by atoms with van der Waals surface area (Å²) in [6.45, 7) is 0. The molecule has 2 heterocycles. The summed E-state index contributed by atoms with van der Waals surface area (Å²) in [5, 5.41) is 32.4. The van der Waals surface area contributed by atoms with Crippen LogP contribution in [0.3, 0.4) is 0 Å². The lowest BCUT2D eigenvalue weighted by Gasteiger charge is -2.34. The molecule has 1 fully saturated rings. The molecule has 2 aliphatic heterocycles. The predicted molar refractivity (Wildman–Crippen MR) is 112 cm³/mol. The first-order valence-corrected chi connectivity index (χ1v) is 10.8. The number of rotatable bonds is 0. The molecule has 0 radical (unpaired) electrons. The third-order valence-corrected chi connectivity index (χ3v) is 6.50. The molecule has 0 aromatic heterocycles. The van der Waals surface area contributed by atoms with Gasteiger partial charge < -0.3 is 29.5 Å². The lowest BCUT2D eigenvalue weighted by Crippen LogP contribution is -2.52. The molecule has 2 bridgehead atoms. The molecule has 3 N–H and O–H groups in total. The Hall–Kier alpha value is -3.43. The van der Waals surface area contributed by atoms with Crippen LogP contribution in [0.2, 0.25) is 0 Å². The first kappa shape index (κ1) is 21.4. The highest BCUT2D eigenvalue weighted by atomic mass is 16.6. The number of ketones is 1. The minimum atomic E-state index is -2.45. The fourth-order valence-corrected chi connectivity index (χ4v) is 4.88. The first-order chi connectivity index (χ1) is 15.8. The maximum Gasteiger partial charge on any atom is 0.331 e. The van der Waals surface area contributed by atoms with Gasteiger partial charge in [0.1, 0.15) is 12.2 Å². The summed E-state index contributed by atoms with van der Waals surface area (Å²) < 4.78 is 16.5. The summed E-state index contributed by atoms with van der Waals surface area (Å²) in [6, 6.07) is 2.78. The zero-order valence-electron chi connectivity index (χ0n) is 17.5. The van der Waals surface area contributed by atoms with Crippen molar-refractivity contribution in [2.75, 3.05) is 0 Å². The Kier molecular flexibility index (Phi) is 5.10. The summed E-state index contributed by atoms with van der Waals surface area (Å²) in [7, 11) is 0. The van der Waals surface area contributed by atoms with E-state index in [4.69, 9.17) is 14.2 Å². The Morgan fingerprint density at radius 1 is 0.909 bits per heavy atom. The highest BCUT2D eigenvalue weighted by molar-refractivity contribution is 6.01. The molecule has 2 aliphatic carbocycles.